The van der Waals surface area contributed by atoms with E-state index in [1.807, 2.05) is 43.3 Å². The Hall–Kier alpha value is -2.73. The second kappa shape index (κ2) is 7.25. The van der Waals surface area contributed by atoms with Crippen LogP contribution in [0.4, 0.5) is 0 Å². The van der Waals surface area contributed by atoms with Gasteiger partial charge in [-0.05, 0) is 49.6 Å². The average molecular weight is 349 g/mol. The monoisotopic (exact) mass is 349 g/mol. The van der Waals surface area contributed by atoms with Crippen molar-refractivity contribution in [2.24, 2.45) is 5.92 Å². The number of hydrogen-bond donors (Lipinski definition) is 2. The van der Waals surface area contributed by atoms with Crippen LogP contribution in [0.15, 0.2) is 42.6 Å². The van der Waals surface area contributed by atoms with E-state index in [2.05, 4.69) is 25.2 Å². The molecule has 3 heterocycles. The van der Waals surface area contributed by atoms with Crippen LogP contribution in [0.3, 0.4) is 0 Å². The van der Waals surface area contributed by atoms with E-state index in [0.29, 0.717) is 18.2 Å². The fourth-order valence-corrected chi connectivity index (χ4v) is 3.56. The molecule has 1 fully saturated rings. The Labute approximate surface area is 152 Å². The van der Waals surface area contributed by atoms with Gasteiger partial charge in [0.05, 0.1) is 17.6 Å². The Morgan fingerprint density at radius 1 is 1.31 bits per heavy atom. The zero-order valence-corrected chi connectivity index (χ0v) is 14.9. The van der Waals surface area contributed by atoms with E-state index < -0.39 is 0 Å². The predicted octanol–water partition coefficient (Wildman–Crippen LogP) is 2.52. The molecule has 2 aromatic heterocycles. The lowest BCUT2D eigenvalue weighted by Gasteiger charge is -2.15. The van der Waals surface area contributed by atoms with Crippen LogP contribution in [-0.2, 0) is 6.54 Å². The van der Waals surface area contributed by atoms with Crippen LogP contribution in [0.1, 0.15) is 28.3 Å². The zero-order chi connectivity index (χ0) is 17.9. The van der Waals surface area contributed by atoms with Crippen molar-refractivity contribution in [2.75, 3.05) is 19.6 Å². The molecule has 1 aliphatic rings. The second-order valence-corrected chi connectivity index (χ2v) is 6.97. The summed E-state index contributed by atoms with van der Waals surface area (Å²) in [5, 5.41) is 3.04. The highest BCUT2D eigenvalue weighted by Crippen LogP contribution is 2.19. The predicted molar refractivity (Wildman–Crippen MR) is 101 cm³/mol. The van der Waals surface area contributed by atoms with Crippen LogP contribution in [0.5, 0.6) is 0 Å². The zero-order valence-electron chi connectivity index (χ0n) is 14.9. The van der Waals surface area contributed by atoms with Crippen molar-refractivity contribution in [3.63, 3.8) is 0 Å². The van der Waals surface area contributed by atoms with Gasteiger partial charge >= 0.3 is 0 Å². The van der Waals surface area contributed by atoms with Crippen LogP contribution in [0.2, 0.25) is 0 Å². The number of aryl methyl sites for hydroxylation is 1. The number of nitrogens with one attached hydrogen (secondary N) is 2. The quantitative estimate of drug-likeness (QED) is 0.742. The largest absolute Gasteiger partial charge is 0.350 e. The lowest BCUT2D eigenvalue weighted by molar-refractivity contribution is 0.0941. The number of likely N-dealkylation sites (tertiary alicyclic amines) is 1. The highest BCUT2D eigenvalue weighted by Gasteiger charge is 2.24. The molecule has 1 amide bonds. The Balaban J connectivity index is 1.30. The topological polar surface area (TPSA) is 73.9 Å². The van der Waals surface area contributed by atoms with Gasteiger partial charge < -0.3 is 10.3 Å². The van der Waals surface area contributed by atoms with Gasteiger partial charge in [-0.3, -0.25) is 14.7 Å². The number of nitrogens with zero attached hydrogens (tertiary/aromatic N) is 3. The van der Waals surface area contributed by atoms with Crippen LogP contribution < -0.4 is 5.32 Å². The number of H-pyrrole nitrogens is 1. The van der Waals surface area contributed by atoms with Crippen LogP contribution in [0, 0.1) is 12.8 Å². The van der Waals surface area contributed by atoms with Crippen molar-refractivity contribution in [1.29, 1.82) is 0 Å². The second-order valence-electron chi connectivity index (χ2n) is 6.97. The van der Waals surface area contributed by atoms with E-state index in [1.54, 1.807) is 6.20 Å². The van der Waals surface area contributed by atoms with E-state index in [1.165, 1.54) is 0 Å². The third kappa shape index (κ3) is 3.60. The van der Waals surface area contributed by atoms with Crippen molar-refractivity contribution < 1.29 is 4.79 Å². The number of aromatic nitrogens is 3. The van der Waals surface area contributed by atoms with E-state index in [0.717, 1.165) is 48.5 Å². The normalized spacial score (nSPS) is 17.7. The summed E-state index contributed by atoms with van der Waals surface area (Å²) in [7, 11) is 0. The molecule has 0 radical (unpaired) electrons. The first-order valence-corrected chi connectivity index (χ1v) is 9.05. The fourth-order valence-electron chi connectivity index (χ4n) is 3.56. The molecular weight excluding hydrogens is 326 g/mol. The standard InChI is InChI=1S/C20H23N5O/c1-14-5-4-9-21-19(14)20(26)22-11-15-8-10-25(12-15)13-18-23-16-6-2-3-7-17(16)24-18/h2-7,9,15H,8,10-13H2,1H3,(H,22,26)(H,23,24)/t15-/m0/s1. The van der Waals surface area contributed by atoms with Crippen molar-refractivity contribution in [1.82, 2.24) is 25.2 Å². The molecule has 1 saturated heterocycles. The van der Waals surface area contributed by atoms with Crippen molar-refractivity contribution in [3.8, 4) is 0 Å². The molecule has 0 unspecified atom stereocenters. The number of fused-ring (bicyclic) bond motifs is 1. The molecule has 1 aliphatic heterocycles. The molecule has 6 heteroatoms. The Morgan fingerprint density at radius 2 is 2.19 bits per heavy atom. The molecule has 2 N–H and O–H groups in total. The van der Waals surface area contributed by atoms with Gasteiger partial charge in [0.15, 0.2) is 0 Å². The molecule has 4 rings (SSSR count). The molecule has 0 spiro atoms. The number of benzene rings is 1. The summed E-state index contributed by atoms with van der Waals surface area (Å²) in [6.45, 7) is 5.41. The number of carbonyl (C=O) groups is 1. The lowest BCUT2D eigenvalue weighted by Crippen LogP contribution is -2.31. The number of carbonyl (C=O) groups excluding carboxylic acids is 1. The molecule has 3 aromatic rings. The third-order valence-corrected chi connectivity index (χ3v) is 4.96. The third-order valence-electron chi connectivity index (χ3n) is 4.96. The molecule has 0 saturated carbocycles. The van der Waals surface area contributed by atoms with Gasteiger partial charge in [-0.15, -0.1) is 0 Å². The lowest BCUT2D eigenvalue weighted by atomic mass is 10.1. The molecule has 0 aliphatic carbocycles. The summed E-state index contributed by atoms with van der Waals surface area (Å²) in [5.41, 5.74) is 3.51. The Morgan fingerprint density at radius 3 is 3.04 bits per heavy atom. The summed E-state index contributed by atoms with van der Waals surface area (Å²) in [5.74, 6) is 1.38. The Bertz CT molecular complexity index is 886. The fraction of sp³-hybridized carbons (Fsp3) is 0.350. The van der Waals surface area contributed by atoms with Crippen LogP contribution >= 0.6 is 0 Å². The first-order chi connectivity index (χ1) is 12.7. The average Bonchev–Trinajstić information content (AvgIpc) is 3.26. The van der Waals surface area contributed by atoms with Gasteiger partial charge in [0.1, 0.15) is 11.5 Å². The number of pyridine rings is 1. The maximum atomic E-state index is 12.3. The van der Waals surface area contributed by atoms with Gasteiger partial charge in [-0.25, -0.2) is 4.98 Å². The molecule has 1 atom stereocenters. The Kier molecular flexibility index (Phi) is 4.67. The van der Waals surface area contributed by atoms with Gasteiger partial charge in [0.25, 0.3) is 5.91 Å². The number of imidazole rings is 1. The van der Waals surface area contributed by atoms with E-state index >= 15 is 0 Å². The van der Waals surface area contributed by atoms with Crippen molar-refractivity contribution in [2.45, 2.75) is 19.9 Å². The van der Waals surface area contributed by atoms with Gasteiger partial charge in [0, 0.05) is 19.3 Å². The number of amides is 1. The van der Waals surface area contributed by atoms with Gasteiger partial charge in [-0.2, -0.15) is 0 Å². The molecule has 26 heavy (non-hydrogen) atoms. The minimum atomic E-state index is -0.0844. The highest BCUT2D eigenvalue weighted by molar-refractivity contribution is 5.93. The first-order valence-electron chi connectivity index (χ1n) is 9.05. The summed E-state index contributed by atoms with van der Waals surface area (Å²) in [6.07, 6.45) is 2.74. The number of hydrogen-bond acceptors (Lipinski definition) is 4. The summed E-state index contributed by atoms with van der Waals surface area (Å²) in [6, 6.07) is 11.9. The summed E-state index contributed by atoms with van der Waals surface area (Å²) < 4.78 is 0. The molecule has 0 bridgehead atoms. The first kappa shape index (κ1) is 16.7. The number of aromatic amines is 1. The van der Waals surface area contributed by atoms with E-state index in [9.17, 15) is 4.79 Å². The van der Waals surface area contributed by atoms with Crippen LogP contribution in [-0.4, -0.2) is 45.4 Å². The SMILES string of the molecule is Cc1cccnc1C(=O)NC[C@@H]1CCN(Cc2nc3ccccc3[nH]2)C1. The maximum absolute atomic E-state index is 12.3. The van der Waals surface area contributed by atoms with Crippen molar-refractivity contribution in [3.05, 3.63) is 59.7 Å². The van der Waals surface area contributed by atoms with Crippen molar-refractivity contribution >= 4 is 16.9 Å². The van der Waals surface area contributed by atoms with E-state index in [-0.39, 0.29) is 5.91 Å². The minimum Gasteiger partial charge on any atom is -0.350 e. The molecule has 1 aromatic carbocycles. The summed E-state index contributed by atoms with van der Waals surface area (Å²) in [4.78, 5) is 26.9. The highest BCUT2D eigenvalue weighted by atomic mass is 16.1. The minimum absolute atomic E-state index is 0.0844. The molecule has 134 valence electrons. The van der Waals surface area contributed by atoms with Gasteiger partial charge in [0.2, 0.25) is 0 Å². The van der Waals surface area contributed by atoms with Crippen LogP contribution in [0.25, 0.3) is 11.0 Å². The van der Waals surface area contributed by atoms with E-state index in [4.69, 9.17) is 0 Å². The van der Waals surface area contributed by atoms with Gasteiger partial charge in [-0.1, -0.05) is 18.2 Å². The maximum Gasteiger partial charge on any atom is 0.270 e. The number of rotatable bonds is 5. The molecule has 6 nitrogen and oxygen atoms in total. The summed E-state index contributed by atoms with van der Waals surface area (Å²) >= 11 is 0. The smallest absolute Gasteiger partial charge is 0.270 e. The number of para-hydroxylation sites is 2. The molecular formula is C20H23N5O.